The molecule has 1 heterocycles. The van der Waals surface area contributed by atoms with Gasteiger partial charge in [-0.15, -0.1) is 0 Å². The molecule has 1 aromatic heterocycles. The number of halogens is 1. The Morgan fingerprint density at radius 2 is 2.00 bits per heavy atom. The molecule has 0 amide bonds. The Hall–Kier alpha value is -2.23. The predicted octanol–water partition coefficient (Wildman–Crippen LogP) is 2.83. The summed E-state index contributed by atoms with van der Waals surface area (Å²) in [5.41, 5.74) is 0.445. The van der Waals surface area contributed by atoms with E-state index < -0.39 is 5.82 Å². The number of aromatic nitrogens is 1. The van der Waals surface area contributed by atoms with Gasteiger partial charge in [0.25, 0.3) is 0 Å². The molecule has 0 radical (unpaired) electrons. The van der Waals surface area contributed by atoms with Crippen LogP contribution in [0.2, 0.25) is 0 Å². The summed E-state index contributed by atoms with van der Waals surface area (Å²) in [6.07, 6.45) is 2.04. The number of aldehydes is 1. The van der Waals surface area contributed by atoms with E-state index in [9.17, 15) is 9.18 Å². The van der Waals surface area contributed by atoms with E-state index in [0.29, 0.717) is 11.8 Å². The second kappa shape index (κ2) is 4.53. The Balaban J connectivity index is 2.21. The van der Waals surface area contributed by atoms with E-state index in [2.05, 4.69) is 4.98 Å². The minimum Gasteiger partial charge on any atom is -0.436 e. The zero-order chi connectivity index (χ0) is 11.4. The van der Waals surface area contributed by atoms with Crippen LogP contribution in [-0.2, 0) is 0 Å². The highest BCUT2D eigenvalue weighted by molar-refractivity contribution is 5.74. The maximum atomic E-state index is 13.2. The Bertz CT molecular complexity index is 497. The molecule has 4 heteroatoms. The maximum absolute atomic E-state index is 13.2. The van der Waals surface area contributed by atoms with Crippen LogP contribution in [0.4, 0.5) is 4.39 Å². The first-order chi connectivity index (χ1) is 7.79. The topological polar surface area (TPSA) is 39.2 Å². The highest BCUT2D eigenvalue weighted by Gasteiger charge is 2.03. The van der Waals surface area contributed by atoms with Crippen LogP contribution in [0.1, 0.15) is 10.4 Å². The summed E-state index contributed by atoms with van der Waals surface area (Å²) in [6.45, 7) is 0. The summed E-state index contributed by atoms with van der Waals surface area (Å²) in [5, 5.41) is 0. The minimum atomic E-state index is -0.455. The Morgan fingerprint density at radius 3 is 2.62 bits per heavy atom. The van der Waals surface area contributed by atoms with Crippen LogP contribution in [-0.4, -0.2) is 11.3 Å². The summed E-state index contributed by atoms with van der Waals surface area (Å²) in [7, 11) is 0. The number of ether oxygens (including phenoxy) is 1. The number of hydrogen-bond donors (Lipinski definition) is 0. The molecule has 0 aliphatic heterocycles. The van der Waals surface area contributed by atoms with E-state index in [1.54, 1.807) is 18.2 Å². The number of pyridine rings is 1. The van der Waals surface area contributed by atoms with Gasteiger partial charge in [-0.25, -0.2) is 9.37 Å². The monoisotopic (exact) mass is 217 g/mol. The normalized spacial score (nSPS) is 9.81. The van der Waals surface area contributed by atoms with Gasteiger partial charge in [0.05, 0.1) is 0 Å². The smallest absolute Gasteiger partial charge is 0.219 e. The van der Waals surface area contributed by atoms with Crippen LogP contribution < -0.4 is 4.74 Å². The van der Waals surface area contributed by atoms with Crippen molar-refractivity contribution >= 4 is 6.29 Å². The molecule has 0 atom stereocenters. The first-order valence-electron chi connectivity index (χ1n) is 4.63. The molecule has 0 saturated carbocycles. The SMILES string of the molecule is O=Cc1ccc(Oc2ccccc2F)nc1. The van der Waals surface area contributed by atoms with Crippen molar-refractivity contribution in [1.29, 1.82) is 0 Å². The molecule has 2 rings (SSSR count). The molecule has 1 aromatic carbocycles. The average Bonchev–Trinajstić information content (AvgIpc) is 2.33. The zero-order valence-electron chi connectivity index (χ0n) is 8.26. The highest BCUT2D eigenvalue weighted by atomic mass is 19.1. The standard InChI is InChI=1S/C12H8FNO2/c13-10-3-1-2-4-11(10)16-12-6-5-9(8-15)7-14-12/h1-8H. The lowest BCUT2D eigenvalue weighted by molar-refractivity contribution is 0.112. The van der Waals surface area contributed by atoms with E-state index in [-0.39, 0.29) is 11.6 Å². The molecule has 0 aliphatic carbocycles. The van der Waals surface area contributed by atoms with E-state index in [0.717, 1.165) is 0 Å². The van der Waals surface area contributed by atoms with Crippen molar-refractivity contribution in [1.82, 2.24) is 4.98 Å². The molecule has 0 N–H and O–H groups in total. The van der Waals surface area contributed by atoms with Crippen molar-refractivity contribution in [2.75, 3.05) is 0 Å². The van der Waals surface area contributed by atoms with Crippen molar-refractivity contribution in [2.45, 2.75) is 0 Å². The molecule has 2 aromatic rings. The summed E-state index contributed by atoms with van der Waals surface area (Å²) in [4.78, 5) is 14.3. The van der Waals surface area contributed by atoms with Crippen LogP contribution >= 0.6 is 0 Å². The molecule has 0 aliphatic rings. The number of carbonyl (C=O) groups excluding carboxylic acids is 1. The molecule has 80 valence electrons. The van der Waals surface area contributed by atoms with Crippen LogP contribution in [0, 0.1) is 5.82 Å². The molecule has 0 spiro atoms. The van der Waals surface area contributed by atoms with Crippen molar-refractivity contribution < 1.29 is 13.9 Å². The fourth-order valence-corrected chi connectivity index (χ4v) is 1.16. The van der Waals surface area contributed by atoms with Gasteiger partial charge >= 0.3 is 0 Å². The average molecular weight is 217 g/mol. The van der Waals surface area contributed by atoms with Crippen LogP contribution in [0.25, 0.3) is 0 Å². The van der Waals surface area contributed by atoms with Gasteiger partial charge in [0.1, 0.15) is 0 Å². The number of hydrogen-bond acceptors (Lipinski definition) is 3. The maximum Gasteiger partial charge on any atom is 0.219 e. The Kier molecular flexibility index (Phi) is 2.91. The number of nitrogens with zero attached hydrogens (tertiary/aromatic N) is 1. The van der Waals surface area contributed by atoms with Crippen molar-refractivity contribution in [2.24, 2.45) is 0 Å². The van der Waals surface area contributed by atoms with Crippen LogP contribution in [0.5, 0.6) is 11.6 Å². The van der Waals surface area contributed by atoms with Gasteiger partial charge in [0, 0.05) is 17.8 Å². The fraction of sp³-hybridized carbons (Fsp3) is 0. The molecule has 0 fully saturated rings. The third-order valence-corrected chi connectivity index (χ3v) is 1.95. The van der Waals surface area contributed by atoms with Gasteiger partial charge in [-0.3, -0.25) is 4.79 Å². The second-order valence-electron chi connectivity index (χ2n) is 3.08. The van der Waals surface area contributed by atoms with E-state index >= 15 is 0 Å². The van der Waals surface area contributed by atoms with E-state index in [4.69, 9.17) is 4.74 Å². The van der Waals surface area contributed by atoms with Gasteiger partial charge in [0.2, 0.25) is 5.88 Å². The summed E-state index contributed by atoms with van der Waals surface area (Å²) >= 11 is 0. The molecule has 3 nitrogen and oxygen atoms in total. The summed E-state index contributed by atoms with van der Waals surface area (Å²) < 4.78 is 18.4. The zero-order valence-corrected chi connectivity index (χ0v) is 8.26. The highest BCUT2D eigenvalue weighted by Crippen LogP contribution is 2.21. The van der Waals surface area contributed by atoms with Crippen molar-refractivity contribution in [3.05, 3.63) is 54.0 Å². The van der Waals surface area contributed by atoms with Gasteiger partial charge < -0.3 is 4.74 Å². The van der Waals surface area contributed by atoms with Gasteiger partial charge in [-0.05, 0) is 18.2 Å². The van der Waals surface area contributed by atoms with Crippen molar-refractivity contribution in [3.8, 4) is 11.6 Å². The fourth-order valence-electron chi connectivity index (χ4n) is 1.16. The Labute approximate surface area is 91.5 Å². The molecule has 0 saturated heterocycles. The van der Waals surface area contributed by atoms with Crippen molar-refractivity contribution in [3.63, 3.8) is 0 Å². The number of carbonyl (C=O) groups is 1. The van der Waals surface area contributed by atoms with Gasteiger partial charge in [0.15, 0.2) is 17.9 Å². The lowest BCUT2D eigenvalue weighted by Crippen LogP contribution is -1.91. The van der Waals surface area contributed by atoms with Gasteiger partial charge in [-0.1, -0.05) is 12.1 Å². The molecule has 16 heavy (non-hydrogen) atoms. The number of para-hydroxylation sites is 1. The number of rotatable bonds is 3. The molecule has 0 bridgehead atoms. The lowest BCUT2D eigenvalue weighted by atomic mass is 10.3. The lowest BCUT2D eigenvalue weighted by Gasteiger charge is -2.04. The molecular weight excluding hydrogens is 209 g/mol. The molecule has 0 unspecified atom stereocenters. The minimum absolute atomic E-state index is 0.105. The second-order valence-corrected chi connectivity index (χ2v) is 3.08. The summed E-state index contributed by atoms with van der Waals surface area (Å²) in [5.74, 6) is -0.103. The third kappa shape index (κ3) is 2.23. The predicted molar refractivity (Wildman–Crippen MR) is 56.1 cm³/mol. The van der Waals surface area contributed by atoms with E-state index in [1.807, 2.05) is 0 Å². The van der Waals surface area contributed by atoms with Crippen LogP contribution in [0.3, 0.4) is 0 Å². The quantitative estimate of drug-likeness (QED) is 0.742. The largest absolute Gasteiger partial charge is 0.436 e. The van der Waals surface area contributed by atoms with Crippen LogP contribution in [0.15, 0.2) is 42.6 Å². The summed E-state index contributed by atoms with van der Waals surface area (Å²) in [6, 6.07) is 9.11. The molecular formula is C12H8FNO2. The van der Waals surface area contributed by atoms with E-state index in [1.165, 1.54) is 24.4 Å². The first-order valence-corrected chi connectivity index (χ1v) is 4.63. The first kappa shape index (κ1) is 10.3. The Morgan fingerprint density at radius 1 is 1.19 bits per heavy atom. The number of benzene rings is 1. The third-order valence-electron chi connectivity index (χ3n) is 1.95. The van der Waals surface area contributed by atoms with Gasteiger partial charge in [-0.2, -0.15) is 0 Å².